The molecule has 8 aromatic heterocycles. The second kappa shape index (κ2) is 52.3. The first-order valence-corrected chi connectivity index (χ1v) is 45.1. The molecule has 38 nitrogen and oxygen atoms in total. The van der Waals surface area contributed by atoms with Crippen LogP contribution in [0, 0.1) is 0 Å². The minimum absolute atomic E-state index is 0.188. The molecule has 0 saturated heterocycles. The summed E-state index contributed by atoms with van der Waals surface area (Å²) in [4.78, 5) is 0. The Morgan fingerprint density at radius 1 is 0.298 bits per heavy atom. The van der Waals surface area contributed by atoms with Crippen LogP contribution in [0.4, 0.5) is 0 Å². The van der Waals surface area contributed by atoms with Crippen LogP contribution in [0.3, 0.4) is 0 Å². The van der Waals surface area contributed by atoms with Crippen molar-refractivity contribution in [2.45, 2.75) is 130 Å². The molecule has 0 saturated carbocycles. The van der Waals surface area contributed by atoms with Gasteiger partial charge in [-0.3, -0.25) is 0 Å². The van der Waals surface area contributed by atoms with Gasteiger partial charge in [0, 0.05) is 87.6 Å². The number of nitrogens with zero attached hydrogens (tertiary/aromatic N) is 16. The lowest BCUT2D eigenvalue weighted by atomic mass is 9.76. The molecule has 45 heteroatoms. The maximum absolute atomic E-state index is 9.63. The van der Waals surface area contributed by atoms with Crippen molar-refractivity contribution in [3.63, 3.8) is 0 Å². The van der Waals surface area contributed by atoms with Crippen LogP contribution >= 0.6 is 0 Å². The van der Waals surface area contributed by atoms with Gasteiger partial charge in [-0.1, -0.05) is 193 Å². The first-order valence-electron chi connectivity index (χ1n) is 45.1. The normalized spacial score (nSPS) is 11.2. The molecule has 8 heterocycles. The van der Waals surface area contributed by atoms with Crippen molar-refractivity contribution in [2.24, 2.45) is 0 Å². The molecule has 0 radical (unpaired) electrons. The summed E-state index contributed by atoms with van der Waals surface area (Å²) in [6.45, 7) is 15.7. The zero-order valence-corrected chi connectivity index (χ0v) is 77.8. The first kappa shape index (κ1) is 105. The van der Waals surface area contributed by atoms with Crippen molar-refractivity contribution in [1.29, 1.82) is 0 Å². The van der Waals surface area contributed by atoms with Crippen LogP contribution in [0.15, 0.2) is 296 Å². The minimum atomic E-state index is -1.66. The first-order chi connectivity index (χ1) is 68.1. The molecule has 0 fully saturated rings. The fraction of sp³-hybridized carbons (Fsp3) is 0.208. The van der Waals surface area contributed by atoms with Gasteiger partial charge in [0.25, 0.3) is 0 Å². The van der Waals surface area contributed by atoms with Gasteiger partial charge in [0.15, 0.2) is 0 Å². The van der Waals surface area contributed by atoms with Crippen molar-refractivity contribution < 1.29 is 106 Å². The van der Waals surface area contributed by atoms with E-state index >= 15 is 0 Å². The van der Waals surface area contributed by atoms with Crippen LogP contribution in [0.1, 0.15) is 127 Å². The van der Waals surface area contributed by atoms with Crippen LogP contribution in [0.5, 0.6) is 0 Å². The van der Waals surface area contributed by atoms with Gasteiger partial charge < -0.3 is 106 Å². The molecule has 0 amide bonds. The van der Waals surface area contributed by atoms with Crippen LogP contribution in [0.2, 0.25) is 0 Å². The third-order valence-electron chi connectivity index (χ3n) is 20.7. The smallest absolute Gasteiger partial charge is 0.423 e. The van der Waals surface area contributed by atoms with E-state index in [2.05, 4.69) is 119 Å². The molecule has 1 aliphatic carbocycles. The molecular formula is C96H101B7N16O22. The van der Waals surface area contributed by atoms with Crippen LogP contribution in [0.25, 0.3) is 103 Å². The topological polar surface area (TPSA) is 595 Å². The Kier molecular flexibility index (Phi) is 39.0. The summed E-state index contributed by atoms with van der Waals surface area (Å²) >= 11 is 0. The summed E-state index contributed by atoms with van der Waals surface area (Å²) in [7, 11) is -10.5. The number of allylic oxidation sites excluding steroid dienone is 5. The summed E-state index contributed by atoms with van der Waals surface area (Å²) < 4.78 is 44.7. The maximum Gasteiger partial charge on any atom is 0.489 e. The lowest BCUT2D eigenvalue weighted by Crippen LogP contribution is -2.31. The van der Waals surface area contributed by atoms with Crippen LogP contribution in [-0.2, 0) is 50.4 Å². The highest BCUT2D eigenvalue weighted by molar-refractivity contribution is 6.61. The molecule has 0 unspecified atom stereocenters. The minimum Gasteiger partial charge on any atom is -0.423 e. The monoisotopic (exact) mass is 1910 g/mol. The number of rotatable bonds is 31. The van der Waals surface area contributed by atoms with E-state index in [1.54, 1.807) is 164 Å². The maximum atomic E-state index is 9.63. The SMILES string of the molecule is C=CCCCc1nnc(-c2ccc(B(O)O)cc2)o1.CC(C)(C)c1nnc(-c2ccc(B(O)O)cc2)o1.CCCc1nnc(-c2ccc(B(O)O)c(-c3nnc(CCC)o3)c2)o1.CCCc1nnc(-c2ccc(B(O)O)cc2)o1.OB(O)c1ccc(-c2nnc(-c3ccccc3)o2)cc1.OB(O)c1ccc(-c2nnc(CC3=CCC=C3)o2)cc1.OB(O)c1ccc(-c2nnc(CCc3ccccc3)o2)cc1. The molecule has 1 aliphatic rings. The van der Waals surface area contributed by atoms with Gasteiger partial charge in [0.05, 0.1) is 6.42 Å². The van der Waals surface area contributed by atoms with Crippen molar-refractivity contribution in [3.8, 4) is 103 Å². The van der Waals surface area contributed by atoms with E-state index in [4.69, 9.17) is 95.6 Å². The zero-order valence-electron chi connectivity index (χ0n) is 77.8. The van der Waals surface area contributed by atoms with E-state index in [-0.39, 0.29) is 16.8 Å². The van der Waals surface area contributed by atoms with Gasteiger partial charge in [-0.15, -0.1) is 88.2 Å². The highest BCUT2D eigenvalue weighted by Crippen LogP contribution is 2.30. The molecule has 9 aromatic carbocycles. The highest BCUT2D eigenvalue weighted by atomic mass is 16.4. The van der Waals surface area contributed by atoms with Gasteiger partial charge >= 0.3 is 49.8 Å². The van der Waals surface area contributed by atoms with E-state index < -0.39 is 49.8 Å². The average molecular weight is 1910 g/mol. The highest BCUT2D eigenvalue weighted by Gasteiger charge is 2.27. The molecule has 18 rings (SSSR count). The van der Waals surface area contributed by atoms with Crippen molar-refractivity contribution in [1.82, 2.24) is 81.6 Å². The third-order valence-corrected chi connectivity index (χ3v) is 20.7. The second-order valence-corrected chi connectivity index (χ2v) is 32.6. The van der Waals surface area contributed by atoms with E-state index in [0.29, 0.717) is 158 Å². The molecule has 17 aromatic rings. The molecule has 718 valence electrons. The van der Waals surface area contributed by atoms with E-state index in [1.165, 1.54) is 11.1 Å². The van der Waals surface area contributed by atoms with Crippen LogP contribution in [-0.4, -0.2) is 202 Å². The number of hydrogen-bond acceptors (Lipinski definition) is 38. The van der Waals surface area contributed by atoms with Gasteiger partial charge in [-0.2, -0.15) is 0 Å². The second-order valence-electron chi connectivity index (χ2n) is 32.6. The van der Waals surface area contributed by atoms with Crippen molar-refractivity contribution >= 4 is 88.1 Å². The fourth-order valence-corrected chi connectivity index (χ4v) is 13.1. The Labute approximate surface area is 812 Å². The number of unbranched alkanes of at least 4 members (excludes halogenated alkanes) is 1. The van der Waals surface area contributed by atoms with Gasteiger partial charge in [-0.05, 0) is 191 Å². The van der Waals surface area contributed by atoms with Gasteiger partial charge in [0.2, 0.25) is 94.3 Å². The third kappa shape index (κ3) is 31.4. The zero-order chi connectivity index (χ0) is 100. The summed E-state index contributed by atoms with van der Waals surface area (Å²) in [6.07, 6.45) is 18.7. The van der Waals surface area contributed by atoms with Crippen molar-refractivity contribution in [2.75, 3.05) is 0 Å². The fourth-order valence-electron chi connectivity index (χ4n) is 13.1. The Balaban J connectivity index is 0.000000148. The number of aromatic nitrogens is 16. The number of benzene rings is 9. The molecule has 14 N–H and O–H groups in total. The van der Waals surface area contributed by atoms with E-state index in [9.17, 15) is 10.0 Å². The Morgan fingerprint density at radius 3 is 0.936 bits per heavy atom. The quantitative estimate of drug-likeness (QED) is 0.0125. The van der Waals surface area contributed by atoms with Gasteiger partial charge in [-0.25, -0.2) is 0 Å². The average Bonchev–Trinajstić information content (AvgIpc) is 1.11. The molecule has 0 atom stereocenters. The predicted octanol–water partition coefficient (Wildman–Crippen LogP) is 6.51. The lowest BCUT2D eigenvalue weighted by Gasteiger charge is -2.10. The summed E-state index contributed by atoms with van der Waals surface area (Å²) in [5, 5.41) is 191. The Hall–Kier alpha value is -14.8. The summed E-state index contributed by atoms with van der Waals surface area (Å²) in [6, 6.07) is 64.5. The van der Waals surface area contributed by atoms with Crippen molar-refractivity contribution in [3.05, 3.63) is 308 Å². The Bertz CT molecular complexity index is 6720. The lowest BCUT2D eigenvalue weighted by molar-refractivity contribution is 0.399. The summed E-state index contributed by atoms with van der Waals surface area (Å²) in [5.41, 5.74) is 11.5. The van der Waals surface area contributed by atoms with E-state index in [1.807, 2.05) is 96.1 Å². The largest absolute Gasteiger partial charge is 0.489 e. The number of aryl methyl sites for hydroxylation is 6. The molecule has 0 bridgehead atoms. The molecule has 0 spiro atoms. The molecule has 141 heavy (non-hydrogen) atoms. The summed E-state index contributed by atoms with van der Waals surface area (Å²) in [5.74, 6) is 7.63. The number of hydrogen-bond donors (Lipinski definition) is 14. The standard InChI is InChI=1S/C16H19BN4O4.C16H15BN2O3.C14H13BN2O3.C14H11BN2O3.C13H15BN2O3.C12H15BN2O3.C11H13BN2O3/c1-3-5-13-18-20-15(24-13)10-7-8-12(17(22)23)11(9-10)16-21-19-14(25-16)6-4-2;20-17(21)14-9-7-13(8-10-14)16-19-18-15(22-16)11-6-12-4-2-1-3-5-12;18-15(19)12-7-5-11(6-8-12)14-17-16-13(20-14)9-10-3-1-2-4-10;18-15(19)12-8-6-11(7-9-12)14-17-16-13(20-14)10-4-2-1-3-5-10;1-2-3-4-5-12-15-16-13(19-12)10-6-8-11(9-7-10)14(17)18;1-12(2,3)11-15-14-10(18-11)8-4-6-9(7-5-8)13(16)17;1-2-3-10-13-14-11(17-10)8-4-6-9(7-5-8)12(15)16/h7-9,22-23H,3-6H2,1-2H3;1-5,7-10,20-21H,6,11H2;1,3-8,18-19H,2,9H2;1-9,18-19H;2,6-9,17-18H,1,3-5H2;4-7,16-17H,1-3H3;4-7,15-16H,2-3H2,1H3. The van der Waals surface area contributed by atoms with E-state index in [0.717, 1.165) is 96.7 Å². The molecule has 0 aliphatic heterocycles. The van der Waals surface area contributed by atoms with Crippen LogP contribution < -0.4 is 38.2 Å². The van der Waals surface area contributed by atoms with Gasteiger partial charge in [0.1, 0.15) is 0 Å². The predicted molar refractivity (Wildman–Crippen MR) is 529 cm³/mol. The Morgan fingerprint density at radius 2 is 0.596 bits per heavy atom. The molecular weight excluding hydrogens is 1800 g/mol.